The van der Waals surface area contributed by atoms with Crippen molar-refractivity contribution < 1.29 is 93.3 Å². The number of hydrogen-bond acceptors (Lipinski definition) is 20. The number of imidazole rings is 1. The lowest BCUT2D eigenvalue weighted by Crippen LogP contribution is -2.63. The molecule has 22 N–H and O–H groups in total. The van der Waals surface area contributed by atoms with Crippen LogP contribution in [-0.4, -0.2) is 221 Å². The van der Waals surface area contributed by atoms with Crippen molar-refractivity contribution >= 4 is 71.0 Å². The van der Waals surface area contributed by atoms with Crippen molar-refractivity contribution in [3.8, 4) is 0 Å². The molecule has 33 nitrogen and oxygen atoms in total. The molecule has 1 rings (SSSR count). The second-order valence-corrected chi connectivity index (χ2v) is 20.5. The van der Waals surface area contributed by atoms with Crippen LogP contribution in [0.25, 0.3) is 0 Å². The highest BCUT2D eigenvalue weighted by Crippen LogP contribution is 2.12. The van der Waals surface area contributed by atoms with Crippen LogP contribution in [0.3, 0.4) is 0 Å². The van der Waals surface area contributed by atoms with Crippen molar-refractivity contribution in [3.63, 3.8) is 0 Å². The standard InChI is InChI=1S/C50H86N14O19/c1-9-23(4)36(50(82)83)61-46(78)34(20-66)60-43(75)32(17-28-18-53-21-54-28)57-45(77)33(19-65)59-40(72)24(5)55-47(79)37(25(6)67)64-44(76)31(16-22(2)3)58-49(81)39(27(8)69)63-42(74)30(12-10-11-15-51)56-48(80)38(26(7)68)62-41(73)29(52)13-14-35(70)71/h18,21-27,29-34,36-39,65-69H,9-17,19-20,51-52H2,1-8H3,(H,53,54)(H,55,79)(H,56,80)(H,57,77)(H,58,81)(H,59,72)(H,60,75)(H,61,78)(H,62,73)(H,63,74)(H,64,76)(H,70,71)(H,82,83)/t23-,24-,25+,26+,27+,29-,30-,31-,32-,33-,34-,36-,37-,38-,39-/m0/s1. The monoisotopic (exact) mass is 1190 g/mol. The number of aromatic amines is 1. The van der Waals surface area contributed by atoms with Gasteiger partial charge in [-0.15, -0.1) is 0 Å². The lowest BCUT2D eigenvalue weighted by molar-refractivity contribution is -0.144. The number of carboxylic acid groups (broad SMARTS) is 2. The van der Waals surface area contributed by atoms with E-state index in [1.165, 1.54) is 12.5 Å². The second-order valence-electron chi connectivity index (χ2n) is 20.5. The first-order valence-corrected chi connectivity index (χ1v) is 27.0. The Morgan fingerprint density at radius 2 is 0.952 bits per heavy atom. The third-order valence-corrected chi connectivity index (χ3v) is 12.9. The minimum absolute atomic E-state index is 0.107. The Kier molecular flexibility index (Phi) is 32.7. The average Bonchev–Trinajstić information content (AvgIpc) is 3.94. The summed E-state index contributed by atoms with van der Waals surface area (Å²) in [5, 5.41) is 93.6. The van der Waals surface area contributed by atoms with E-state index in [1.807, 2.05) is 0 Å². The third kappa shape index (κ3) is 25.7. The molecule has 0 aromatic carbocycles. The number of aliphatic hydroxyl groups is 5. The van der Waals surface area contributed by atoms with Crippen molar-refractivity contribution in [2.75, 3.05) is 19.8 Å². The van der Waals surface area contributed by atoms with Crippen LogP contribution in [0.4, 0.5) is 0 Å². The average molecular weight is 1190 g/mol. The van der Waals surface area contributed by atoms with Gasteiger partial charge in [0.2, 0.25) is 59.1 Å². The first-order chi connectivity index (χ1) is 38.8. The summed E-state index contributed by atoms with van der Waals surface area (Å²) in [6, 6.07) is -17.8. The molecule has 1 heterocycles. The number of hydrogen-bond donors (Lipinski definition) is 20. The molecule has 0 saturated carbocycles. The quantitative estimate of drug-likeness (QED) is 0.0272. The molecule has 0 spiro atoms. The van der Waals surface area contributed by atoms with Crippen molar-refractivity contribution in [1.82, 2.24) is 63.1 Å². The number of rotatable bonds is 39. The zero-order valence-electron chi connectivity index (χ0n) is 47.8. The van der Waals surface area contributed by atoms with E-state index in [1.54, 1.807) is 27.7 Å². The number of aliphatic hydroxyl groups excluding tert-OH is 5. The van der Waals surface area contributed by atoms with E-state index in [4.69, 9.17) is 16.6 Å². The van der Waals surface area contributed by atoms with Gasteiger partial charge >= 0.3 is 11.9 Å². The van der Waals surface area contributed by atoms with Gasteiger partial charge in [-0.05, 0) is 78.2 Å². The predicted octanol–water partition coefficient (Wildman–Crippen LogP) is -7.56. The van der Waals surface area contributed by atoms with Crippen LogP contribution in [0, 0.1) is 11.8 Å². The summed E-state index contributed by atoms with van der Waals surface area (Å²) in [5.41, 5.74) is 11.7. The number of unbranched alkanes of at least 4 members (excludes halogenated alkanes) is 1. The molecular formula is C50H86N14O19. The summed E-state index contributed by atoms with van der Waals surface area (Å²) < 4.78 is 0. The molecule has 33 heteroatoms. The van der Waals surface area contributed by atoms with Crippen molar-refractivity contribution in [1.29, 1.82) is 0 Å². The van der Waals surface area contributed by atoms with Crippen molar-refractivity contribution in [3.05, 3.63) is 18.2 Å². The maximum atomic E-state index is 13.9. The van der Waals surface area contributed by atoms with Gasteiger partial charge in [0.05, 0.1) is 43.9 Å². The number of carbonyl (C=O) groups excluding carboxylic acids is 10. The first-order valence-electron chi connectivity index (χ1n) is 27.0. The molecule has 0 aliphatic rings. The number of carbonyl (C=O) groups is 12. The van der Waals surface area contributed by atoms with Gasteiger partial charge in [0, 0.05) is 24.7 Å². The van der Waals surface area contributed by atoms with Gasteiger partial charge in [-0.2, -0.15) is 0 Å². The van der Waals surface area contributed by atoms with E-state index in [0.29, 0.717) is 12.8 Å². The number of nitrogens with zero attached hydrogens (tertiary/aromatic N) is 1. The highest BCUT2D eigenvalue weighted by atomic mass is 16.4. The minimum Gasteiger partial charge on any atom is -0.481 e. The highest BCUT2D eigenvalue weighted by Gasteiger charge is 2.38. The van der Waals surface area contributed by atoms with Gasteiger partial charge in [0.15, 0.2) is 0 Å². The van der Waals surface area contributed by atoms with Gasteiger partial charge in [-0.25, -0.2) is 9.78 Å². The molecule has 0 unspecified atom stereocenters. The maximum Gasteiger partial charge on any atom is 0.326 e. The van der Waals surface area contributed by atoms with E-state index in [9.17, 15) is 88.2 Å². The number of H-pyrrole nitrogens is 1. The molecule has 0 saturated heterocycles. The van der Waals surface area contributed by atoms with E-state index in [-0.39, 0.29) is 50.3 Å². The Hall–Kier alpha value is -7.43. The van der Waals surface area contributed by atoms with Crippen LogP contribution in [-0.2, 0) is 64.0 Å². The highest BCUT2D eigenvalue weighted by molar-refractivity contribution is 5.99. The number of carboxylic acids is 2. The van der Waals surface area contributed by atoms with Crippen LogP contribution in [0.2, 0.25) is 0 Å². The second kappa shape index (κ2) is 36.9. The van der Waals surface area contributed by atoms with Crippen molar-refractivity contribution in [2.24, 2.45) is 23.3 Å². The topological polar surface area (TPSA) is 547 Å². The van der Waals surface area contributed by atoms with Gasteiger partial charge in [-0.1, -0.05) is 34.1 Å². The fraction of sp³-hybridized carbons (Fsp3) is 0.700. The number of nitrogens with one attached hydrogen (secondary N) is 11. The van der Waals surface area contributed by atoms with Crippen LogP contribution in [0.5, 0.6) is 0 Å². The molecule has 0 aliphatic heterocycles. The van der Waals surface area contributed by atoms with E-state index in [0.717, 1.165) is 27.7 Å². The summed E-state index contributed by atoms with van der Waals surface area (Å²) in [6.45, 7) is 9.23. The van der Waals surface area contributed by atoms with Crippen LogP contribution in [0.15, 0.2) is 12.5 Å². The Bertz CT molecular complexity index is 2320. The molecule has 470 valence electrons. The van der Waals surface area contributed by atoms with Crippen LogP contribution < -0.4 is 64.6 Å². The SMILES string of the molecule is CC[C@H](C)[C@H](NC(=O)[C@H](CO)NC(=O)[C@H](Cc1cnc[nH]1)NC(=O)[C@H](CO)NC(=O)[C@H](C)NC(=O)[C@@H](NC(=O)[C@H](CC(C)C)NC(=O)[C@@H](NC(=O)[C@H](CCCCN)NC(=O)[C@@H](NC(=O)[C@@H](N)CCC(=O)O)[C@@H](C)O)[C@@H](C)O)[C@@H](C)O)C(=O)O. The summed E-state index contributed by atoms with van der Waals surface area (Å²) in [7, 11) is 0. The zero-order valence-corrected chi connectivity index (χ0v) is 47.8. The molecule has 10 amide bonds. The number of nitrogens with two attached hydrogens (primary N) is 2. The number of amides is 10. The first kappa shape index (κ1) is 73.6. The van der Waals surface area contributed by atoms with Gasteiger partial charge < -0.3 is 105 Å². The molecule has 0 bridgehead atoms. The van der Waals surface area contributed by atoms with Crippen LogP contribution in [0.1, 0.15) is 106 Å². The molecule has 15 atom stereocenters. The molecule has 83 heavy (non-hydrogen) atoms. The van der Waals surface area contributed by atoms with Gasteiger partial charge in [-0.3, -0.25) is 52.7 Å². The zero-order chi connectivity index (χ0) is 63.4. The molecule has 0 radical (unpaired) electrons. The predicted molar refractivity (Wildman–Crippen MR) is 291 cm³/mol. The van der Waals surface area contributed by atoms with Gasteiger partial charge in [0.25, 0.3) is 0 Å². The normalized spacial score (nSPS) is 16.7. The molecule has 0 aliphatic carbocycles. The molecule has 1 aromatic rings. The lowest BCUT2D eigenvalue weighted by Gasteiger charge is -2.29. The molecule has 1 aromatic heterocycles. The third-order valence-electron chi connectivity index (χ3n) is 12.9. The van der Waals surface area contributed by atoms with Crippen LogP contribution >= 0.6 is 0 Å². The fourth-order valence-electron chi connectivity index (χ4n) is 7.74. The molecular weight excluding hydrogens is 1100 g/mol. The maximum absolute atomic E-state index is 13.9. The minimum atomic E-state index is -1.83. The van der Waals surface area contributed by atoms with Crippen molar-refractivity contribution in [2.45, 2.75) is 192 Å². The lowest BCUT2D eigenvalue weighted by atomic mass is 9.99. The Morgan fingerprint density at radius 3 is 1.40 bits per heavy atom. The summed E-state index contributed by atoms with van der Waals surface area (Å²) in [4.78, 5) is 164. The largest absolute Gasteiger partial charge is 0.481 e. The van der Waals surface area contributed by atoms with E-state index in [2.05, 4.69) is 63.1 Å². The summed E-state index contributed by atoms with van der Waals surface area (Å²) in [5.74, 6) is -14.3. The Balaban J connectivity index is 3.27. The molecule has 0 fully saturated rings. The Labute approximate surface area is 479 Å². The van der Waals surface area contributed by atoms with E-state index >= 15 is 0 Å². The number of aromatic nitrogens is 2. The Morgan fingerprint density at radius 1 is 0.530 bits per heavy atom. The van der Waals surface area contributed by atoms with E-state index < -0.39 is 181 Å². The summed E-state index contributed by atoms with van der Waals surface area (Å²) in [6.07, 6.45) is -2.73. The fourth-order valence-corrected chi connectivity index (χ4v) is 7.74. The number of aliphatic carboxylic acids is 2. The summed E-state index contributed by atoms with van der Waals surface area (Å²) >= 11 is 0. The smallest absolute Gasteiger partial charge is 0.326 e. The van der Waals surface area contributed by atoms with Gasteiger partial charge in [0.1, 0.15) is 60.4 Å².